The SMILES string of the molecule is C[C@@H](OC(=O)c1cccc(S(=O)(=O)NC(C)(C)C)c1)C(N)=O. The minimum absolute atomic E-state index is 0.0184. The van der Waals surface area contributed by atoms with Gasteiger partial charge in [-0.15, -0.1) is 0 Å². The largest absolute Gasteiger partial charge is 0.449 e. The first-order chi connectivity index (χ1) is 9.92. The van der Waals surface area contributed by atoms with Crippen molar-refractivity contribution < 1.29 is 22.7 Å². The highest BCUT2D eigenvalue weighted by atomic mass is 32.2. The Morgan fingerprint density at radius 3 is 2.36 bits per heavy atom. The molecule has 3 N–H and O–H groups in total. The molecule has 0 aliphatic rings. The van der Waals surface area contributed by atoms with Crippen molar-refractivity contribution in [3.05, 3.63) is 29.8 Å². The minimum Gasteiger partial charge on any atom is -0.449 e. The van der Waals surface area contributed by atoms with E-state index in [-0.39, 0.29) is 10.5 Å². The molecule has 8 heteroatoms. The first kappa shape index (κ1) is 18.1. The number of nitrogens with one attached hydrogen (secondary N) is 1. The third-order valence-electron chi connectivity index (χ3n) is 2.51. The van der Waals surface area contributed by atoms with Gasteiger partial charge in [-0.05, 0) is 45.9 Å². The number of hydrogen-bond acceptors (Lipinski definition) is 5. The summed E-state index contributed by atoms with van der Waals surface area (Å²) in [5, 5.41) is 0. The van der Waals surface area contributed by atoms with Crippen molar-refractivity contribution in [2.45, 2.75) is 44.2 Å². The van der Waals surface area contributed by atoms with Gasteiger partial charge in [-0.25, -0.2) is 17.9 Å². The number of rotatable bonds is 5. The topological polar surface area (TPSA) is 116 Å². The van der Waals surface area contributed by atoms with E-state index in [0.29, 0.717) is 0 Å². The van der Waals surface area contributed by atoms with E-state index >= 15 is 0 Å². The summed E-state index contributed by atoms with van der Waals surface area (Å²) < 4.78 is 31.8. The van der Waals surface area contributed by atoms with Gasteiger partial charge < -0.3 is 10.5 Å². The first-order valence-electron chi connectivity index (χ1n) is 6.57. The Hall–Kier alpha value is -1.93. The van der Waals surface area contributed by atoms with Crippen LogP contribution in [0, 0.1) is 0 Å². The number of sulfonamides is 1. The third kappa shape index (κ3) is 5.12. The maximum atomic E-state index is 12.2. The second kappa shape index (κ2) is 6.45. The van der Waals surface area contributed by atoms with Gasteiger partial charge in [0.25, 0.3) is 5.91 Å². The summed E-state index contributed by atoms with van der Waals surface area (Å²) >= 11 is 0. The van der Waals surface area contributed by atoms with Crippen LogP contribution in [0.15, 0.2) is 29.2 Å². The Balaban J connectivity index is 3.05. The van der Waals surface area contributed by atoms with E-state index in [1.807, 2.05) is 0 Å². The van der Waals surface area contributed by atoms with Crippen LogP contribution in [0.3, 0.4) is 0 Å². The molecule has 22 heavy (non-hydrogen) atoms. The van der Waals surface area contributed by atoms with Crippen molar-refractivity contribution >= 4 is 21.9 Å². The van der Waals surface area contributed by atoms with E-state index in [4.69, 9.17) is 10.5 Å². The maximum Gasteiger partial charge on any atom is 0.338 e. The van der Waals surface area contributed by atoms with Crippen LogP contribution in [0.4, 0.5) is 0 Å². The van der Waals surface area contributed by atoms with Gasteiger partial charge in [-0.1, -0.05) is 6.07 Å². The molecule has 0 aliphatic carbocycles. The van der Waals surface area contributed by atoms with Crippen molar-refractivity contribution in [3.8, 4) is 0 Å². The molecule has 0 saturated heterocycles. The van der Waals surface area contributed by atoms with Crippen LogP contribution < -0.4 is 10.5 Å². The smallest absolute Gasteiger partial charge is 0.338 e. The molecule has 122 valence electrons. The van der Waals surface area contributed by atoms with Crippen LogP contribution in [0.2, 0.25) is 0 Å². The van der Waals surface area contributed by atoms with Crippen LogP contribution in [0.5, 0.6) is 0 Å². The lowest BCUT2D eigenvalue weighted by Gasteiger charge is -2.20. The minimum atomic E-state index is -3.77. The Morgan fingerprint density at radius 1 is 1.27 bits per heavy atom. The lowest BCUT2D eigenvalue weighted by molar-refractivity contribution is -0.125. The predicted molar refractivity (Wildman–Crippen MR) is 80.6 cm³/mol. The molecule has 1 atom stereocenters. The number of benzene rings is 1. The summed E-state index contributed by atoms with van der Waals surface area (Å²) in [4.78, 5) is 22.7. The molecule has 0 heterocycles. The average molecular weight is 328 g/mol. The zero-order valence-electron chi connectivity index (χ0n) is 12.9. The van der Waals surface area contributed by atoms with E-state index < -0.39 is 33.5 Å². The molecule has 0 aliphatic heterocycles. The maximum absolute atomic E-state index is 12.2. The number of hydrogen-bond donors (Lipinski definition) is 2. The predicted octanol–water partition coefficient (Wildman–Crippen LogP) is 0.794. The number of esters is 1. The van der Waals surface area contributed by atoms with Gasteiger partial charge >= 0.3 is 5.97 Å². The molecule has 1 aromatic carbocycles. The zero-order chi connectivity index (χ0) is 17.1. The molecule has 7 nitrogen and oxygen atoms in total. The second-order valence-electron chi connectivity index (χ2n) is 5.83. The fourth-order valence-electron chi connectivity index (χ4n) is 1.54. The second-order valence-corrected chi connectivity index (χ2v) is 7.52. The molecule has 1 aromatic rings. The molecule has 0 bridgehead atoms. The lowest BCUT2D eigenvalue weighted by atomic mass is 10.1. The van der Waals surface area contributed by atoms with Crippen LogP contribution in [0.1, 0.15) is 38.1 Å². The van der Waals surface area contributed by atoms with E-state index in [9.17, 15) is 18.0 Å². The molecule has 0 unspecified atom stereocenters. The number of carbonyl (C=O) groups excluding carboxylic acids is 2. The normalized spacial score (nSPS) is 13.5. The Morgan fingerprint density at radius 2 is 1.86 bits per heavy atom. The van der Waals surface area contributed by atoms with Gasteiger partial charge in [0.05, 0.1) is 10.5 Å². The molecular weight excluding hydrogens is 308 g/mol. The van der Waals surface area contributed by atoms with Gasteiger partial charge in [-0.3, -0.25) is 4.79 Å². The number of nitrogens with two attached hydrogens (primary N) is 1. The Kier molecular flexibility index (Phi) is 5.31. The highest BCUT2D eigenvalue weighted by Gasteiger charge is 2.23. The molecule has 1 rings (SSSR count). The monoisotopic (exact) mass is 328 g/mol. The summed E-state index contributed by atoms with van der Waals surface area (Å²) in [6.07, 6.45) is -1.10. The number of amides is 1. The third-order valence-corrected chi connectivity index (χ3v) is 4.26. The molecule has 0 aromatic heterocycles. The van der Waals surface area contributed by atoms with Gasteiger partial charge in [-0.2, -0.15) is 0 Å². The molecular formula is C14H20N2O5S. The van der Waals surface area contributed by atoms with E-state index in [2.05, 4.69) is 4.72 Å². The van der Waals surface area contributed by atoms with Crippen molar-refractivity contribution in [2.24, 2.45) is 5.73 Å². The summed E-state index contributed by atoms with van der Waals surface area (Å²) in [5.74, 6) is -1.61. The standard InChI is InChI=1S/C14H20N2O5S/c1-9(12(15)17)21-13(18)10-6-5-7-11(8-10)22(19,20)16-14(2,3)4/h5-9,16H,1-4H3,(H2,15,17)/t9-/m1/s1. The highest BCUT2D eigenvalue weighted by molar-refractivity contribution is 7.89. The number of primary amides is 1. The average Bonchev–Trinajstić information content (AvgIpc) is 2.35. The van der Waals surface area contributed by atoms with Crippen molar-refractivity contribution in [1.82, 2.24) is 4.72 Å². The van der Waals surface area contributed by atoms with Gasteiger partial charge in [0.2, 0.25) is 10.0 Å². The molecule has 0 saturated carbocycles. The summed E-state index contributed by atoms with van der Waals surface area (Å²) in [5.41, 5.74) is 4.37. The van der Waals surface area contributed by atoms with Crippen LogP contribution in [-0.2, 0) is 19.6 Å². The quantitative estimate of drug-likeness (QED) is 0.775. The summed E-state index contributed by atoms with van der Waals surface area (Å²) in [6, 6.07) is 5.36. The zero-order valence-corrected chi connectivity index (χ0v) is 13.7. The Bertz CT molecular complexity index is 677. The van der Waals surface area contributed by atoms with Crippen molar-refractivity contribution in [2.75, 3.05) is 0 Å². The number of ether oxygens (including phenoxy) is 1. The van der Waals surface area contributed by atoms with Gasteiger partial charge in [0.1, 0.15) is 0 Å². The number of carbonyl (C=O) groups is 2. The highest BCUT2D eigenvalue weighted by Crippen LogP contribution is 2.15. The molecule has 0 spiro atoms. The van der Waals surface area contributed by atoms with Gasteiger partial charge in [0.15, 0.2) is 6.10 Å². The van der Waals surface area contributed by atoms with Crippen molar-refractivity contribution in [3.63, 3.8) is 0 Å². The summed E-state index contributed by atoms with van der Waals surface area (Å²) in [6.45, 7) is 6.45. The fraction of sp³-hybridized carbons (Fsp3) is 0.429. The lowest BCUT2D eigenvalue weighted by Crippen LogP contribution is -2.40. The van der Waals surface area contributed by atoms with Crippen molar-refractivity contribution in [1.29, 1.82) is 0 Å². The molecule has 0 radical (unpaired) electrons. The Labute approximate surface area is 129 Å². The molecule has 1 amide bonds. The van der Waals surface area contributed by atoms with E-state index in [1.165, 1.54) is 31.2 Å². The molecule has 0 fully saturated rings. The first-order valence-corrected chi connectivity index (χ1v) is 8.05. The van der Waals surface area contributed by atoms with Gasteiger partial charge in [0, 0.05) is 5.54 Å². The van der Waals surface area contributed by atoms with E-state index in [1.54, 1.807) is 20.8 Å². The van der Waals surface area contributed by atoms with E-state index in [0.717, 1.165) is 0 Å². The fourth-order valence-corrected chi connectivity index (χ4v) is 3.00. The summed E-state index contributed by atoms with van der Waals surface area (Å²) in [7, 11) is -3.77. The van der Waals surface area contributed by atoms with Crippen LogP contribution >= 0.6 is 0 Å². The van der Waals surface area contributed by atoms with Crippen LogP contribution in [-0.4, -0.2) is 31.9 Å². The van der Waals surface area contributed by atoms with Crippen LogP contribution in [0.25, 0.3) is 0 Å².